The molecule has 1 rings (SSSR count). The van der Waals surface area contributed by atoms with Crippen LogP contribution in [0.5, 0.6) is 0 Å². The molecule has 5 heteroatoms. The Morgan fingerprint density at radius 2 is 2.00 bits per heavy atom. The first kappa shape index (κ1) is 15.9. The van der Waals surface area contributed by atoms with E-state index in [1.54, 1.807) is 0 Å². The number of sulfone groups is 1. The summed E-state index contributed by atoms with van der Waals surface area (Å²) in [6.45, 7) is 6.41. The van der Waals surface area contributed by atoms with Crippen molar-refractivity contribution >= 4 is 9.84 Å². The minimum Gasteiger partial charge on any atom is -0.313 e. The molecule has 108 valence electrons. The van der Waals surface area contributed by atoms with Gasteiger partial charge in [0.2, 0.25) is 0 Å². The van der Waals surface area contributed by atoms with Gasteiger partial charge in [0.05, 0.1) is 5.75 Å². The van der Waals surface area contributed by atoms with E-state index in [0.29, 0.717) is 11.8 Å². The van der Waals surface area contributed by atoms with E-state index >= 15 is 0 Å². The predicted octanol–water partition coefficient (Wildman–Crippen LogP) is 1.28. The van der Waals surface area contributed by atoms with Crippen molar-refractivity contribution in [3.63, 3.8) is 0 Å². The van der Waals surface area contributed by atoms with E-state index in [9.17, 15) is 8.42 Å². The van der Waals surface area contributed by atoms with Gasteiger partial charge < -0.3 is 10.2 Å². The van der Waals surface area contributed by atoms with Gasteiger partial charge in [0.25, 0.3) is 0 Å². The van der Waals surface area contributed by atoms with Crippen molar-refractivity contribution in [2.24, 2.45) is 0 Å². The van der Waals surface area contributed by atoms with Gasteiger partial charge in [-0.25, -0.2) is 8.42 Å². The summed E-state index contributed by atoms with van der Waals surface area (Å²) in [7, 11) is -2.81. The molecule has 0 aromatic rings. The van der Waals surface area contributed by atoms with Gasteiger partial charge in [0.15, 0.2) is 0 Å². The summed E-state index contributed by atoms with van der Waals surface area (Å²) >= 11 is 0. The lowest BCUT2D eigenvalue weighted by Gasteiger charge is -2.25. The van der Waals surface area contributed by atoms with Crippen LogP contribution in [-0.4, -0.2) is 57.5 Å². The van der Waals surface area contributed by atoms with E-state index in [1.165, 1.54) is 31.9 Å². The minimum absolute atomic E-state index is 0.313. The van der Waals surface area contributed by atoms with Crippen molar-refractivity contribution in [2.45, 2.75) is 45.1 Å². The Morgan fingerprint density at radius 3 is 2.56 bits per heavy atom. The Balaban J connectivity index is 2.29. The van der Waals surface area contributed by atoms with E-state index in [-0.39, 0.29) is 0 Å². The molecule has 0 saturated carbocycles. The summed E-state index contributed by atoms with van der Waals surface area (Å²) in [5, 5.41) is 3.51. The van der Waals surface area contributed by atoms with Gasteiger partial charge in [-0.05, 0) is 45.3 Å². The zero-order valence-electron chi connectivity index (χ0n) is 11.8. The van der Waals surface area contributed by atoms with Crippen LogP contribution in [0.15, 0.2) is 0 Å². The van der Waals surface area contributed by atoms with E-state index < -0.39 is 9.84 Å². The zero-order chi connectivity index (χ0) is 13.4. The van der Waals surface area contributed by atoms with Gasteiger partial charge >= 0.3 is 0 Å². The number of hydrogen-bond acceptors (Lipinski definition) is 4. The molecule has 1 N–H and O–H groups in total. The molecule has 1 aliphatic heterocycles. The van der Waals surface area contributed by atoms with Gasteiger partial charge in [0, 0.05) is 18.8 Å². The van der Waals surface area contributed by atoms with Crippen molar-refractivity contribution in [1.29, 1.82) is 0 Å². The molecule has 1 saturated heterocycles. The number of nitrogens with zero attached hydrogens (tertiary/aromatic N) is 1. The molecule has 1 unspecified atom stereocenters. The second-order valence-corrected chi connectivity index (χ2v) is 7.69. The standard InChI is InChI=1S/C13H28N2O2S/c1-3-4-9-15(10-6-11-18(2,16)17)12-13-7-5-8-14-13/h13-14H,3-12H2,1-2H3. The number of rotatable bonds is 9. The van der Waals surface area contributed by atoms with Crippen LogP contribution in [0.25, 0.3) is 0 Å². The summed E-state index contributed by atoms with van der Waals surface area (Å²) < 4.78 is 22.3. The average Bonchev–Trinajstić information content (AvgIpc) is 2.76. The summed E-state index contributed by atoms with van der Waals surface area (Å²) in [5.74, 6) is 0.313. The Hall–Kier alpha value is -0.130. The van der Waals surface area contributed by atoms with Crippen molar-refractivity contribution in [3.05, 3.63) is 0 Å². The van der Waals surface area contributed by atoms with Crippen LogP contribution in [0.1, 0.15) is 39.0 Å². The van der Waals surface area contributed by atoms with Crippen molar-refractivity contribution in [3.8, 4) is 0 Å². The maximum atomic E-state index is 11.1. The second kappa shape index (κ2) is 8.12. The highest BCUT2D eigenvalue weighted by atomic mass is 32.2. The Bertz CT molecular complexity index is 311. The van der Waals surface area contributed by atoms with Crippen LogP contribution in [-0.2, 0) is 9.84 Å². The maximum absolute atomic E-state index is 11.1. The Labute approximate surface area is 112 Å². The predicted molar refractivity (Wildman–Crippen MR) is 76.7 cm³/mol. The van der Waals surface area contributed by atoms with Gasteiger partial charge in [-0.15, -0.1) is 0 Å². The van der Waals surface area contributed by atoms with Crippen molar-refractivity contribution < 1.29 is 8.42 Å². The maximum Gasteiger partial charge on any atom is 0.147 e. The van der Waals surface area contributed by atoms with E-state index in [2.05, 4.69) is 17.1 Å². The lowest BCUT2D eigenvalue weighted by Crippen LogP contribution is -2.39. The van der Waals surface area contributed by atoms with Gasteiger partial charge in [-0.3, -0.25) is 0 Å². The zero-order valence-corrected chi connectivity index (χ0v) is 12.6. The normalized spacial score (nSPS) is 20.7. The van der Waals surface area contributed by atoms with Crippen molar-refractivity contribution in [1.82, 2.24) is 10.2 Å². The average molecular weight is 276 g/mol. The number of hydrogen-bond donors (Lipinski definition) is 1. The SMILES string of the molecule is CCCCN(CCCS(C)(=O)=O)CC1CCCN1. The highest BCUT2D eigenvalue weighted by Crippen LogP contribution is 2.08. The van der Waals surface area contributed by atoms with Crippen LogP contribution in [0.3, 0.4) is 0 Å². The first-order valence-electron chi connectivity index (χ1n) is 7.14. The quantitative estimate of drug-likeness (QED) is 0.689. The molecule has 18 heavy (non-hydrogen) atoms. The molecule has 0 aromatic heterocycles. The third-order valence-corrected chi connectivity index (χ3v) is 4.49. The molecule has 1 aliphatic rings. The second-order valence-electron chi connectivity index (χ2n) is 5.43. The van der Waals surface area contributed by atoms with Crippen LogP contribution < -0.4 is 5.32 Å². The lowest BCUT2D eigenvalue weighted by atomic mass is 10.2. The molecule has 0 radical (unpaired) electrons. The molecule has 0 bridgehead atoms. The fraction of sp³-hybridized carbons (Fsp3) is 1.00. The Kier molecular flexibility index (Phi) is 7.19. The molecule has 0 amide bonds. The summed E-state index contributed by atoms with van der Waals surface area (Å²) in [4.78, 5) is 2.43. The lowest BCUT2D eigenvalue weighted by molar-refractivity contribution is 0.246. The van der Waals surface area contributed by atoms with Crippen LogP contribution in [0, 0.1) is 0 Å². The Morgan fingerprint density at radius 1 is 1.28 bits per heavy atom. The van der Waals surface area contributed by atoms with Crippen LogP contribution in [0.4, 0.5) is 0 Å². The molecule has 0 aliphatic carbocycles. The molecule has 0 spiro atoms. The largest absolute Gasteiger partial charge is 0.313 e. The topological polar surface area (TPSA) is 49.4 Å². The van der Waals surface area contributed by atoms with Gasteiger partial charge in [-0.1, -0.05) is 13.3 Å². The first-order chi connectivity index (χ1) is 8.51. The fourth-order valence-electron chi connectivity index (χ4n) is 2.45. The molecule has 4 nitrogen and oxygen atoms in total. The highest BCUT2D eigenvalue weighted by Gasteiger charge is 2.17. The van der Waals surface area contributed by atoms with Crippen LogP contribution in [0.2, 0.25) is 0 Å². The smallest absolute Gasteiger partial charge is 0.147 e. The third-order valence-electron chi connectivity index (χ3n) is 3.46. The number of unbranched alkanes of at least 4 members (excludes halogenated alkanes) is 1. The number of nitrogens with one attached hydrogen (secondary N) is 1. The third kappa shape index (κ3) is 7.34. The molecule has 1 heterocycles. The molecule has 0 aromatic carbocycles. The van der Waals surface area contributed by atoms with Crippen molar-refractivity contribution in [2.75, 3.05) is 38.2 Å². The summed E-state index contributed by atoms with van der Waals surface area (Å²) in [6.07, 6.45) is 7.01. The summed E-state index contributed by atoms with van der Waals surface area (Å²) in [6, 6.07) is 0.611. The fourth-order valence-corrected chi connectivity index (χ4v) is 3.10. The molecular weight excluding hydrogens is 248 g/mol. The summed E-state index contributed by atoms with van der Waals surface area (Å²) in [5.41, 5.74) is 0. The van der Waals surface area contributed by atoms with E-state index in [4.69, 9.17) is 0 Å². The van der Waals surface area contributed by atoms with Gasteiger partial charge in [-0.2, -0.15) is 0 Å². The van der Waals surface area contributed by atoms with E-state index in [1.807, 2.05) is 0 Å². The minimum atomic E-state index is -2.81. The molecule has 1 fully saturated rings. The molecule has 1 atom stereocenters. The van der Waals surface area contributed by atoms with Crippen LogP contribution >= 0.6 is 0 Å². The highest BCUT2D eigenvalue weighted by molar-refractivity contribution is 7.90. The first-order valence-corrected chi connectivity index (χ1v) is 9.21. The van der Waals surface area contributed by atoms with E-state index in [0.717, 1.165) is 32.6 Å². The van der Waals surface area contributed by atoms with Gasteiger partial charge in [0.1, 0.15) is 9.84 Å². The molecular formula is C13H28N2O2S. The monoisotopic (exact) mass is 276 g/mol.